The van der Waals surface area contributed by atoms with Gasteiger partial charge in [0.1, 0.15) is 5.69 Å². The Morgan fingerprint density at radius 3 is 2.61 bits per heavy atom. The number of hydrogen-bond acceptors (Lipinski definition) is 3. The first kappa shape index (κ1) is 18.7. The molecular weight excluding hydrogens is 348 g/mol. The summed E-state index contributed by atoms with van der Waals surface area (Å²) < 4.78 is 2.01. The molecule has 2 aromatic heterocycles. The van der Waals surface area contributed by atoms with Gasteiger partial charge < -0.3 is 14.4 Å². The average Bonchev–Trinajstić information content (AvgIpc) is 3.09. The van der Waals surface area contributed by atoms with Crippen molar-refractivity contribution in [2.45, 2.75) is 25.3 Å². The first-order valence-electron chi connectivity index (χ1n) is 10.1. The number of likely N-dealkylation sites (tertiary alicyclic amines) is 1. The van der Waals surface area contributed by atoms with Crippen LogP contribution in [-0.2, 0) is 13.5 Å². The van der Waals surface area contributed by atoms with E-state index in [-0.39, 0.29) is 5.91 Å². The predicted octanol–water partition coefficient (Wildman–Crippen LogP) is 3.35. The van der Waals surface area contributed by atoms with Gasteiger partial charge in [-0.1, -0.05) is 24.3 Å². The molecular formula is C23H28N4O. The molecule has 4 rings (SSSR count). The summed E-state index contributed by atoms with van der Waals surface area (Å²) in [7, 11) is 3.93. The molecule has 0 saturated carbocycles. The van der Waals surface area contributed by atoms with Crippen molar-refractivity contribution in [1.29, 1.82) is 0 Å². The number of pyridine rings is 1. The van der Waals surface area contributed by atoms with Crippen LogP contribution in [-0.4, -0.2) is 58.0 Å². The summed E-state index contributed by atoms with van der Waals surface area (Å²) in [5, 5.41) is 1.12. The lowest BCUT2D eigenvalue weighted by Crippen LogP contribution is -2.46. The van der Waals surface area contributed by atoms with Gasteiger partial charge in [0.2, 0.25) is 0 Å². The van der Waals surface area contributed by atoms with E-state index in [4.69, 9.17) is 0 Å². The highest BCUT2D eigenvalue weighted by molar-refractivity contribution is 5.98. The zero-order valence-electron chi connectivity index (χ0n) is 16.7. The summed E-state index contributed by atoms with van der Waals surface area (Å²) in [6.07, 6.45) is 4.88. The fourth-order valence-electron chi connectivity index (χ4n) is 4.19. The average molecular weight is 377 g/mol. The predicted molar refractivity (Wildman–Crippen MR) is 112 cm³/mol. The van der Waals surface area contributed by atoms with Crippen molar-refractivity contribution >= 4 is 16.8 Å². The Hall–Kier alpha value is -2.66. The molecule has 28 heavy (non-hydrogen) atoms. The molecule has 3 heterocycles. The lowest BCUT2D eigenvalue weighted by molar-refractivity contribution is 0.0634. The van der Waals surface area contributed by atoms with E-state index >= 15 is 0 Å². The number of rotatable bonds is 5. The molecule has 0 spiro atoms. The van der Waals surface area contributed by atoms with Crippen LogP contribution in [0.4, 0.5) is 0 Å². The molecule has 0 atom stereocenters. The molecule has 0 bridgehead atoms. The molecule has 0 N–H and O–H groups in total. The smallest absolute Gasteiger partial charge is 0.270 e. The number of hydrogen-bond donors (Lipinski definition) is 0. The lowest BCUT2D eigenvalue weighted by atomic mass is 10.0. The summed E-state index contributed by atoms with van der Waals surface area (Å²) in [5.74, 6) is 0.116. The standard InChI is InChI=1S/C23H28N4O/c1-25(23(28)22-17-18-7-3-4-9-21(18)26(22)2)20-11-15-27(16-12-20)14-10-19-8-5-6-13-24-19/h3-9,13,17,20H,10-12,14-16H2,1-2H3. The van der Waals surface area contributed by atoms with Gasteiger partial charge in [0.15, 0.2) is 0 Å². The molecule has 146 valence electrons. The van der Waals surface area contributed by atoms with Gasteiger partial charge in [0.25, 0.3) is 5.91 Å². The Labute approximate surface area is 166 Å². The quantitative estimate of drug-likeness (QED) is 0.686. The van der Waals surface area contributed by atoms with E-state index < -0.39 is 0 Å². The highest BCUT2D eigenvalue weighted by atomic mass is 16.2. The Kier molecular flexibility index (Phi) is 5.44. The number of para-hydroxylation sites is 1. The summed E-state index contributed by atoms with van der Waals surface area (Å²) in [6.45, 7) is 3.10. The van der Waals surface area contributed by atoms with E-state index in [1.165, 1.54) is 0 Å². The summed E-state index contributed by atoms with van der Waals surface area (Å²) in [4.78, 5) is 22.0. The van der Waals surface area contributed by atoms with Gasteiger partial charge in [-0.2, -0.15) is 0 Å². The third-order valence-corrected chi connectivity index (χ3v) is 6.01. The molecule has 1 amide bonds. The summed E-state index contributed by atoms with van der Waals surface area (Å²) in [6, 6.07) is 16.6. The van der Waals surface area contributed by atoms with Crippen LogP contribution in [0.15, 0.2) is 54.7 Å². The van der Waals surface area contributed by atoms with Gasteiger partial charge in [-0.15, -0.1) is 0 Å². The Bertz CT molecular complexity index is 942. The molecule has 1 aliphatic rings. The van der Waals surface area contributed by atoms with Crippen molar-refractivity contribution in [2.24, 2.45) is 7.05 Å². The maximum absolute atomic E-state index is 13.1. The minimum Gasteiger partial charge on any atom is -0.340 e. The highest BCUT2D eigenvalue weighted by Gasteiger charge is 2.27. The Balaban J connectivity index is 1.35. The van der Waals surface area contributed by atoms with Gasteiger partial charge in [-0.25, -0.2) is 0 Å². The second kappa shape index (κ2) is 8.15. The lowest BCUT2D eigenvalue weighted by Gasteiger charge is -2.36. The third kappa shape index (κ3) is 3.80. The van der Waals surface area contributed by atoms with E-state index in [1.807, 2.05) is 60.1 Å². The number of amides is 1. The van der Waals surface area contributed by atoms with Crippen molar-refractivity contribution in [3.8, 4) is 0 Å². The summed E-state index contributed by atoms with van der Waals surface area (Å²) in [5.41, 5.74) is 3.01. The Morgan fingerprint density at radius 1 is 1.14 bits per heavy atom. The molecule has 5 nitrogen and oxygen atoms in total. The topological polar surface area (TPSA) is 41.4 Å². The van der Waals surface area contributed by atoms with E-state index in [2.05, 4.69) is 28.1 Å². The number of aromatic nitrogens is 2. The van der Waals surface area contributed by atoms with Crippen molar-refractivity contribution in [3.05, 3.63) is 66.1 Å². The van der Waals surface area contributed by atoms with Crippen molar-refractivity contribution in [2.75, 3.05) is 26.7 Å². The van der Waals surface area contributed by atoms with Crippen LogP contribution < -0.4 is 0 Å². The normalized spacial score (nSPS) is 15.8. The van der Waals surface area contributed by atoms with Gasteiger partial charge in [-0.3, -0.25) is 9.78 Å². The van der Waals surface area contributed by atoms with Crippen molar-refractivity contribution in [1.82, 2.24) is 19.4 Å². The number of aryl methyl sites for hydroxylation is 1. The van der Waals surface area contributed by atoms with Gasteiger partial charge in [0, 0.05) is 69.0 Å². The van der Waals surface area contributed by atoms with Crippen molar-refractivity contribution < 1.29 is 4.79 Å². The van der Waals surface area contributed by atoms with Crippen LogP contribution in [0.25, 0.3) is 10.9 Å². The highest BCUT2D eigenvalue weighted by Crippen LogP contribution is 2.22. The monoisotopic (exact) mass is 376 g/mol. The minimum absolute atomic E-state index is 0.116. The van der Waals surface area contributed by atoms with E-state index in [0.717, 1.165) is 61.2 Å². The third-order valence-electron chi connectivity index (χ3n) is 6.01. The first-order chi connectivity index (χ1) is 13.6. The van der Waals surface area contributed by atoms with Crippen LogP contribution in [0.5, 0.6) is 0 Å². The van der Waals surface area contributed by atoms with Crippen LogP contribution >= 0.6 is 0 Å². The second-order valence-electron chi connectivity index (χ2n) is 7.71. The van der Waals surface area contributed by atoms with E-state index in [0.29, 0.717) is 6.04 Å². The fourth-order valence-corrected chi connectivity index (χ4v) is 4.19. The molecule has 1 saturated heterocycles. The van der Waals surface area contributed by atoms with Crippen LogP contribution in [0.3, 0.4) is 0 Å². The maximum Gasteiger partial charge on any atom is 0.270 e. The van der Waals surface area contributed by atoms with E-state index in [1.54, 1.807) is 0 Å². The van der Waals surface area contributed by atoms with Gasteiger partial charge in [-0.05, 0) is 37.1 Å². The molecule has 0 aliphatic carbocycles. The molecule has 0 unspecified atom stereocenters. The van der Waals surface area contributed by atoms with E-state index in [9.17, 15) is 4.79 Å². The Morgan fingerprint density at radius 2 is 1.89 bits per heavy atom. The number of carbonyl (C=O) groups is 1. The molecule has 3 aromatic rings. The molecule has 0 radical (unpaired) electrons. The summed E-state index contributed by atoms with van der Waals surface area (Å²) >= 11 is 0. The van der Waals surface area contributed by atoms with Crippen molar-refractivity contribution in [3.63, 3.8) is 0 Å². The number of nitrogens with zero attached hydrogens (tertiary/aromatic N) is 4. The SMILES string of the molecule is CN(C(=O)c1cc2ccccc2n1C)C1CCN(CCc2ccccn2)CC1. The number of piperidine rings is 1. The molecule has 1 aromatic carbocycles. The largest absolute Gasteiger partial charge is 0.340 e. The number of benzene rings is 1. The van der Waals surface area contributed by atoms with Gasteiger partial charge in [0.05, 0.1) is 0 Å². The molecule has 5 heteroatoms. The van der Waals surface area contributed by atoms with Crippen LogP contribution in [0.2, 0.25) is 0 Å². The van der Waals surface area contributed by atoms with Crippen LogP contribution in [0.1, 0.15) is 29.0 Å². The van der Waals surface area contributed by atoms with Crippen LogP contribution in [0, 0.1) is 0 Å². The minimum atomic E-state index is 0.116. The number of fused-ring (bicyclic) bond motifs is 1. The number of carbonyl (C=O) groups excluding carboxylic acids is 1. The zero-order chi connectivity index (χ0) is 19.5. The molecule has 1 aliphatic heterocycles. The zero-order valence-corrected chi connectivity index (χ0v) is 16.7. The molecule has 1 fully saturated rings. The van der Waals surface area contributed by atoms with Gasteiger partial charge >= 0.3 is 0 Å². The maximum atomic E-state index is 13.1. The fraction of sp³-hybridized carbons (Fsp3) is 0.391. The second-order valence-corrected chi connectivity index (χ2v) is 7.71. The first-order valence-corrected chi connectivity index (χ1v) is 10.1.